The van der Waals surface area contributed by atoms with Gasteiger partial charge in [0, 0.05) is 29.3 Å². The van der Waals surface area contributed by atoms with E-state index < -0.39 is 21.4 Å². The largest absolute Gasteiger partial charge is 0.494 e. The minimum atomic E-state index is -4.00. The number of rotatable bonds is 11. The van der Waals surface area contributed by atoms with Crippen molar-refractivity contribution in [3.8, 4) is 17.2 Å². The summed E-state index contributed by atoms with van der Waals surface area (Å²) in [5, 5.41) is 2.82. The molecule has 1 heterocycles. The van der Waals surface area contributed by atoms with E-state index in [9.17, 15) is 18.0 Å². The van der Waals surface area contributed by atoms with Gasteiger partial charge in [-0.2, -0.15) is 0 Å². The zero-order valence-corrected chi connectivity index (χ0v) is 22.6. The van der Waals surface area contributed by atoms with Crippen molar-refractivity contribution in [2.45, 2.75) is 18.2 Å². The molecule has 3 N–H and O–H groups in total. The van der Waals surface area contributed by atoms with Crippen molar-refractivity contribution in [2.75, 3.05) is 32.1 Å². The summed E-state index contributed by atoms with van der Waals surface area (Å²) in [5.74, 6) is 1.23. The maximum Gasteiger partial charge on any atom is 0.261 e. The van der Waals surface area contributed by atoms with Gasteiger partial charge < -0.3 is 24.5 Å². The van der Waals surface area contributed by atoms with Crippen molar-refractivity contribution in [3.05, 3.63) is 88.2 Å². The van der Waals surface area contributed by atoms with E-state index in [-0.39, 0.29) is 22.4 Å². The quantitative estimate of drug-likeness (QED) is 0.259. The van der Waals surface area contributed by atoms with Gasteiger partial charge in [-0.15, -0.1) is 0 Å². The zero-order valence-electron chi connectivity index (χ0n) is 21.7. The second-order valence-corrected chi connectivity index (χ2v) is 10.2. The Labute approximate surface area is 226 Å². The molecule has 0 aliphatic heterocycles. The molecule has 10 nitrogen and oxygen atoms in total. The lowest BCUT2D eigenvalue weighted by Gasteiger charge is -2.11. The van der Waals surface area contributed by atoms with Crippen LogP contribution < -0.4 is 29.7 Å². The van der Waals surface area contributed by atoms with Gasteiger partial charge in [0.05, 0.1) is 25.7 Å². The van der Waals surface area contributed by atoms with E-state index in [1.54, 1.807) is 44.6 Å². The van der Waals surface area contributed by atoms with Crippen molar-refractivity contribution in [1.82, 2.24) is 10.3 Å². The Morgan fingerprint density at radius 2 is 1.69 bits per heavy atom. The van der Waals surface area contributed by atoms with Gasteiger partial charge in [0.1, 0.15) is 11.3 Å². The van der Waals surface area contributed by atoms with Gasteiger partial charge in [-0.1, -0.05) is 6.07 Å². The Morgan fingerprint density at radius 3 is 2.38 bits per heavy atom. The smallest absolute Gasteiger partial charge is 0.261 e. The normalized spacial score (nSPS) is 11.2. The van der Waals surface area contributed by atoms with E-state index in [0.717, 1.165) is 5.56 Å². The number of ether oxygens (including phenoxy) is 3. The Bertz CT molecular complexity index is 1650. The molecule has 1 aromatic heterocycles. The third-order valence-electron chi connectivity index (χ3n) is 5.97. The molecule has 0 spiro atoms. The molecule has 4 aromatic rings. The molecular formula is C28H29N3O7S. The predicted molar refractivity (Wildman–Crippen MR) is 149 cm³/mol. The summed E-state index contributed by atoms with van der Waals surface area (Å²) in [6.07, 6.45) is 1.82. The maximum absolute atomic E-state index is 13.2. The second kappa shape index (κ2) is 11.9. The minimum Gasteiger partial charge on any atom is -0.494 e. The third-order valence-corrected chi connectivity index (χ3v) is 7.35. The summed E-state index contributed by atoms with van der Waals surface area (Å²) in [6, 6.07) is 16.1. The summed E-state index contributed by atoms with van der Waals surface area (Å²) in [7, 11) is -0.904. The number of aromatic nitrogens is 1. The van der Waals surface area contributed by atoms with Crippen LogP contribution in [0.3, 0.4) is 0 Å². The lowest BCUT2D eigenvalue weighted by molar-refractivity contribution is 0.0953. The number of anilines is 1. The molecule has 0 atom stereocenters. The van der Waals surface area contributed by atoms with E-state index >= 15 is 0 Å². The number of fused-ring (bicyclic) bond motifs is 1. The standard InChI is InChI=1S/C28H29N3O7S/c1-4-38-20-8-6-19(7-9-20)31-39(34,35)21-10-11-24-22(16-21)27(32)23(17-30-24)28(33)29-14-13-18-5-12-25(36-2)26(15-18)37-3/h5-12,15-17,31H,4,13-14H2,1-3H3,(H,29,33)(H,30,32). The molecule has 0 fully saturated rings. The number of hydrogen-bond donors (Lipinski definition) is 3. The van der Waals surface area contributed by atoms with Crippen LogP contribution in [0.15, 0.2) is 76.6 Å². The van der Waals surface area contributed by atoms with Crippen molar-refractivity contribution in [1.29, 1.82) is 0 Å². The van der Waals surface area contributed by atoms with Crippen LogP contribution in [0.25, 0.3) is 10.9 Å². The SMILES string of the molecule is CCOc1ccc(NS(=O)(=O)c2ccc3[nH]cc(C(=O)NCCc4ccc(OC)c(OC)c4)c(=O)c3c2)cc1. The summed E-state index contributed by atoms with van der Waals surface area (Å²) in [4.78, 5) is 28.7. The van der Waals surface area contributed by atoms with Crippen LogP contribution in [0.2, 0.25) is 0 Å². The van der Waals surface area contributed by atoms with Crippen LogP contribution in [-0.4, -0.2) is 46.7 Å². The molecule has 0 radical (unpaired) electrons. The van der Waals surface area contributed by atoms with Crippen molar-refractivity contribution in [2.24, 2.45) is 0 Å². The average molecular weight is 552 g/mol. The van der Waals surface area contributed by atoms with E-state index in [0.29, 0.717) is 41.5 Å². The number of sulfonamides is 1. The first-order chi connectivity index (χ1) is 18.7. The molecule has 0 unspecified atom stereocenters. The van der Waals surface area contributed by atoms with Crippen LogP contribution in [0.4, 0.5) is 5.69 Å². The van der Waals surface area contributed by atoms with Gasteiger partial charge in [-0.3, -0.25) is 14.3 Å². The van der Waals surface area contributed by atoms with Crippen LogP contribution in [0, 0.1) is 0 Å². The molecule has 0 aliphatic rings. The number of carbonyl (C=O) groups is 1. The van der Waals surface area contributed by atoms with Crippen LogP contribution >= 0.6 is 0 Å². The Morgan fingerprint density at radius 1 is 0.949 bits per heavy atom. The molecule has 3 aromatic carbocycles. The van der Waals surface area contributed by atoms with E-state index in [1.807, 2.05) is 19.1 Å². The van der Waals surface area contributed by atoms with Gasteiger partial charge in [0.2, 0.25) is 5.43 Å². The van der Waals surface area contributed by atoms with Crippen molar-refractivity contribution in [3.63, 3.8) is 0 Å². The minimum absolute atomic E-state index is 0.0807. The summed E-state index contributed by atoms with van der Waals surface area (Å²) >= 11 is 0. The van der Waals surface area contributed by atoms with Gasteiger partial charge in [0.25, 0.3) is 15.9 Å². The fourth-order valence-corrected chi connectivity index (χ4v) is 5.07. The fourth-order valence-electron chi connectivity index (χ4n) is 3.99. The number of amides is 1. The third kappa shape index (κ3) is 6.32. The molecule has 11 heteroatoms. The Balaban J connectivity index is 1.50. The van der Waals surface area contributed by atoms with Gasteiger partial charge in [-0.05, 0) is 73.5 Å². The van der Waals surface area contributed by atoms with E-state index in [1.165, 1.54) is 24.4 Å². The highest BCUT2D eigenvalue weighted by molar-refractivity contribution is 7.92. The summed E-state index contributed by atoms with van der Waals surface area (Å²) in [6.45, 7) is 2.62. The topological polar surface area (TPSA) is 136 Å². The van der Waals surface area contributed by atoms with Crippen molar-refractivity contribution >= 4 is 32.5 Å². The number of carbonyl (C=O) groups excluding carboxylic acids is 1. The second-order valence-electron chi connectivity index (χ2n) is 8.50. The number of pyridine rings is 1. The molecule has 0 bridgehead atoms. The van der Waals surface area contributed by atoms with Gasteiger partial charge in [-0.25, -0.2) is 8.42 Å². The highest BCUT2D eigenvalue weighted by atomic mass is 32.2. The fraction of sp³-hybridized carbons (Fsp3) is 0.214. The molecule has 0 saturated heterocycles. The summed E-state index contributed by atoms with van der Waals surface area (Å²) in [5.41, 5.74) is 0.960. The Kier molecular flexibility index (Phi) is 8.40. The van der Waals surface area contributed by atoms with E-state index in [4.69, 9.17) is 14.2 Å². The predicted octanol–water partition coefficient (Wildman–Crippen LogP) is 3.72. The summed E-state index contributed by atoms with van der Waals surface area (Å²) < 4.78 is 44.4. The average Bonchev–Trinajstić information content (AvgIpc) is 2.94. The molecule has 4 rings (SSSR count). The van der Waals surface area contributed by atoms with E-state index in [2.05, 4.69) is 15.0 Å². The first-order valence-electron chi connectivity index (χ1n) is 12.2. The number of nitrogens with one attached hydrogen (secondary N) is 3. The van der Waals surface area contributed by atoms with Crippen LogP contribution in [0.5, 0.6) is 17.2 Å². The Hall–Kier alpha value is -4.51. The number of methoxy groups -OCH3 is 2. The highest BCUT2D eigenvalue weighted by Crippen LogP contribution is 2.27. The zero-order chi connectivity index (χ0) is 28.0. The highest BCUT2D eigenvalue weighted by Gasteiger charge is 2.18. The molecule has 39 heavy (non-hydrogen) atoms. The number of benzene rings is 3. The molecule has 0 saturated carbocycles. The number of H-pyrrole nitrogens is 1. The van der Waals surface area contributed by atoms with Crippen molar-refractivity contribution < 1.29 is 27.4 Å². The van der Waals surface area contributed by atoms with Crippen LogP contribution in [-0.2, 0) is 16.4 Å². The first-order valence-corrected chi connectivity index (χ1v) is 13.6. The van der Waals surface area contributed by atoms with Gasteiger partial charge in [0.15, 0.2) is 11.5 Å². The van der Waals surface area contributed by atoms with Crippen LogP contribution in [0.1, 0.15) is 22.8 Å². The molecule has 204 valence electrons. The maximum atomic E-state index is 13.2. The first kappa shape index (κ1) is 27.5. The number of hydrogen-bond acceptors (Lipinski definition) is 7. The number of aromatic amines is 1. The lowest BCUT2D eigenvalue weighted by Crippen LogP contribution is -2.30. The molecular weight excluding hydrogens is 522 g/mol. The molecule has 1 amide bonds. The lowest BCUT2D eigenvalue weighted by atomic mass is 10.1. The van der Waals surface area contributed by atoms with Gasteiger partial charge >= 0.3 is 0 Å². The molecule has 0 aliphatic carbocycles. The monoisotopic (exact) mass is 551 g/mol.